The fraction of sp³-hybridized carbons (Fsp3) is 0.944. The first-order valence-electron chi connectivity index (χ1n) is 9.43. The minimum absolute atomic E-state index is 0.0203. The summed E-state index contributed by atoms with van der Waals surface area (Å²) in [5.74, 6) is 2.33. The van der Waals surface area contributed by atoms with Gasteiger partial charge in [-0.15, -0.1) is 0 Å². The highest BCUT2D eigenvalue weighted by Crippen LogP contribution is 2.39. The van der Waals surface area contributed by atoms with Crippen molar-refractivity contribution in [2.24, 2.45) is 11.8 Å². The molecular weight excluding hydrogens is 276 g/mol. The highest BCUT2D eigenvalue weighted by atomic mass is 28.2. The van der Waals surface area contributed by atoms with E-state index in [4.69, 9.17) is 4.43 Å². The molecule has 0 aliphatic heterocycles. The number of rotatable bonds is 7. The van der Waals surface area contributed by atoms with Crippen molar-refractivity contribution in [3.8, 4) is 0 Å². The molecule has 3 heteroatoms. The van der Waals surface area contributed by atoms with E-state index in [1.54, 1.807) is 25.7 Å². The molecule has 21 heavy (non-hydrogen) atoms. The second-order valence-electron chi connectivity index (χ2n) is 6.77. The number of carbonyl (C=O) groups is 1. The van der Waals surface area contributed by atoms with Gasteiger partial charge in [-0.1, -0.05) is 78.1 Å². The van der Waals surface area contributed by atoms with Gasteiger partial charge in [0.1, 0.15) is 0 Å². The van der Waals surface area contributed by atoms with Crippen molar-refractivity contribution in [1.29, 1.82) is 0 Å². The van der Waals surface area contributed by atoms with Gasteiger partial charge in [-0.3, -0.25) is 4.79 Å². The molecule has 0 atom stereocenters. The summed E-state index contributed by atoms with van der Waals surface area (Å²) in [6.45, 7) is 4.20. The average Bonchev–Trinajstić information content (AvgIpc) is 3.17. The molecule has 0 heterocycles. The van der Waals surface area contributed by atoms with Gasteiger partial charge in [-0.25, -0.2) is 0 Å². The van der Waals surface area contributed by atoms with E-state index in [0.717, 1.165) is 37.1 Å². The smallest absolute Gasteiger partial charge is 0.292 e. The van der Waals surface area contributed by atoms with Gasteiger partial charge in [0.05, 0.1) is 0 Å². The molecule has 0 saturated heterocycles. The lowest BCUT2D eigenvalue weighted by Crippen LogP contribution is -2.07. The molecule has 0 bridgehead atoms. The summed E-state index contributed by atoms with van der Waals surface area (Å²) in [5, 5.41) is 0. The molecular formula is C18H36O2Si. The van der Waals surface area contributed by atoms with Crippen LogP contribution in [0.4, 0.5) is 0 Å². The predicted octanol–water partition coefficient (Wildman–Crippen LogP) is 5.00. The summed E-state index contributed by atoms with van der Waals surface area (Å²) in [6.07, 6.45) is 16.2. The summed E-state index contributed by atoms with van der Waals surface area (Å²) >= 11 is 0. The van der Waals surface area contributed by atoms with Gasteiger partial charge in [0.15, 0.2) is 0 Å². The second kappa shape index (κ2) is 12.3. The third kappa shape index (κ3) is 8.65. The Morgan fingerprint density at radius 2 is 1.48 bits per heavy atom. The van der Waals surface area contributed by atoms with Crippen molar-refractivity contribution < 1.29 is 9.22 Å². The van der Waals surface area contributed by atoms with Crippen LogP contribution in [0, 0.1) is 11.8 Å². The van der Waals surface area contributed by atoms with Gasteiger partial charge in [-0.05, 0) is 24.3 Å². The molecule has 2 nitrogen and oxygen atoms in total. The average molecular weight is 313 g/mol. The van der Waals surface area contributed by atoms with Crippen LogP contribution in [0.5, 0.6) is 0 Å². The van der Waals surface area contributed by atoms with Crippen LogP contribution in [0.25, 0.3) is 0 Å². The van der Waals surface area contributed by atoms with Crippen LogP contribution in [0.3, 0.4) is 0 Å². The standard InChI is InChI=1S/C10H18.C8H18O2Si/c1-2-6-9(5-1)10-7-3-4-8-10;1-3-5-6-8(9)10-11-7-4-2/h9-10H,1-8H2;3-7,11H2,1-2H3. The first kappa shape index (κ1) is 18.7. The first-order valence-corrected chi connectivity index (χ1v) is 11.0. The van der Waals surface area contributed by atoms with Crippen LogP contribution in [0.15, 0.2) is 0 Å². The van der Waals surface area contributed by atoms with Gasteiger partial charge < -0.3 is 4.43 Å². The second-order valence-corrected chi connectivity index (χ2v) is 8.17. The van der Waals surface area contributed by atoms with E-state index in [2.05, 4.69) is 13.8 Å². The van der Waals surface area contributed by atoms with Gasteiger partial charge in [0.25, 0.3) is 5.97 Å². The number of carbonyl (C=O) groups excluding carboxylic acids is 1. The van der Waals surface area contributed by atoms with Crippen LogP contribution in [0.2, 0.25) is 6.04 Å². The maximum atomic E-state index is 10.9. The Bertz CT molecular complexity index is 242. The minimum Gasteiger partial charge on any atom is -0.525 e. The summed E-state index contributed by atoms with van der Waals surface area (Å²) in [7, 11) is -0.514. The molecule has 0 amide bonds. The lowest BCUT2D eigenvalue weighted by atomic mass is 9.90. The monoisotopic (exact) mass is 312 g/mol. The van der Waals surface area contributed by atoms with Crippen molar-refractivity contribution in [2.45, 2.75) is 96.9 Å². The van der Waals surface area contributed by atoms with Crippen LogP contribution in [-0.2, 0) is 9.22 Å². The van der Waals surface area contributed by atoms with Gasteiger partial charge in [0.2, 0.25) is 9.76 Å². The molecule has 0 radical (unpaired) electrons. The Hall–Kier alpha value is -0.313. The van der Waals surface area contributed by atoms with E-state index in [-0.39, 0.29) is 5.97 Å². The SMILES string of the molecule is C1CCC(C2CCCC2)C1.CCCCC(=O)O[SiH2]CCC. The summed E-state index contributed by atoms with van der Waals surface area (Å²) in [5.41, 5.74) is 0. The van der Waals surface area contributed by atoms with E-state index >= 15 is 0 Å². The molecule has 2 aliphatic rings. The van der Waals surface area contributed by atoms with Crippen LogP contribution >= 0.6 is 0 Å². The molecule has 2 aliphatic carbocycles. The van der Waals surface area contributed by atoms with E-state index in [1.807, 2.05) is 0 Å². The van der Waals surface area contributed by atoms with E-state index in [9.17, 15) is 4.79 Å². The van der Waals surface area contributed by atoms with Crippen molar-refractivity contribution in [1.82, 2.24) is 0 Å². The van der Waals surface area contributed by atoms with Crippen LogP contribution in [0.1, 0.15) is 90.9 Å². The topological polar surface area (TPSA) is 26.3 Å². The molecule has 2 saturated carbocycles. The van der Waals surface area contributed by atoms with Crippen molar-refractivity contribution in [3.05, 3.63) is 0 Å². The molecule has 2 rings (SSSR count). The van der Waals surface area contributed by atoms with Gasteiger partial charge in [0, 0.05) is 6.42 Å². The molecule has 0 aromatic heterocycles. The molecule has 0 spiro atoms. The zero-order valence-corrected chi connectivity index (χ0v) is 15.8. The summed E-state index contributed by atoms with van der Waals surface area (Å²) in [4.78, 5) is 10.9. The van der Waals surface area contributed by atoms with E-state index < -0.39 is 9.76 Å². The predicted molar refractivity (Wildman–Crippen MR) is 93.2 cm³/mol. The third-order valence-corrected chi connectivity index (χ3v) is 6.48. The van der Waals surface area contributed by atoms with Gasteiger partial charge in [-0.2, -0.15) is 0 Å². The van der Waals surface area contributed by atoms with Crippen molar-refractivity contribution in [2.75, 3.05) is 0 Å². The highest BCUT2D eigenvalue weighted by Gasteiger charge is 2.26. The van der Waals surface area contributed by atoms with Gasteiger partial charge >= 0.3 is 0 Å². The number of hydrogen-bond donors (Lipinski definition) is 0. The largest absolute Gasteiger partial charge is 0.525 e. The molecule has 0 aromatic rings. The maximum Gasteiger partial charge on any atom is 0.292 e. The molecule has 124 valence electrons. The van der Waals surface area contributed by atoms with Crippen LogP contribution in [-0.4, -0.2) is 15.7 Å². The Balaban J connectivity index is 0.000000210. The lowest BCUT2D eigenvalue weighted by molar-refractivity contribution is -0.134. The normalized spacial score (nSPS) is 19.9. The van der Waals surface area contributed by atoms with Crippen molar-refractivity contribution >= 4 is 15.7 Å². The fourth-order valence-electron chi connectivity index (χ4n) is 3.58. The van der Waals surface area contributed by atoms with E-state index in [1.165, 1.54) is 25.7 Å². The quantitative estimate of drug-likeness (QED) is 0.488. The molecule has 0 N–H and O–H groups in total. The molecule has 2 fully saturated rings. The fourth-order valence-corrected chi connectivity index (χ4v) is 4.39. The van der Waals surface area contributed by atoms with Crippen LogP contribution < -0.4 is 0 Å². The Labute approximate surface area is 134 Å². The van der Waals surface area contributed by atoms with Crippen molar-refractivity contribution in [3.63, 3.8) is 0 Å². The Morgan fingerprint density at radius 1 is 0.952 bits per heavy atom. The summed E-state index contributed by atoms with van der Waals surface area (Å²) < 4.78 is 5.08. The molecule has 0 unspecified atom stereocenters. The Kier molecular flexibility index (Phi) is 10.9. The molecule has 0 aromatic carbocycles. The lowest BCUT2D eigenvalue weighted by Gasteiger charge is -2.16. The highest BCUT2D eigenvalue weighted by molar-refractivity contribution is 6.30. The minimum atomic E-state index is -0.514. The maximum absolute atomic E-state index is 10.9. The first-order chi connectivity index (χ1) is 10.3. The zero-order valence-electron chi connectivity index (χ0n) is 14.4. The third-order valence-electron chi connectivity index (χ3n) is 4.96. The number of unbranched alkanes of at least 4 members (excludes halogenated alkanes) is 1. The summed E-state index contributed by atoms with van der Waals surface area (Å²) in [6, 6.07) is 1.12. The number of hydrogen-bond acceptors (Lipinski definition) is 2. The van der Waals surface area contributed by atoms with E-state index in [0.29, 0.717) is 6.42 Å². The Morgan fingerprint density at radius 3 is 1.90 bits per heavy atom. The zero-order chi connectivity index (χ0) is 15.3.